The van der Waals surface area contributed by atoms with Crippen molar-refractivity contribution in [2.24, 2.45) is 0 Å². The molecule has 0 N–H and O–H groups in total. The minimum Gasteiger partial charge on any atom is -0.357 e. The van der Waals surface area contributed by atoms with Gasteiger partial charge in [0.1, 0.15) is 0 Å². The van der Waals surface area contributed by atoms with E-state index in [1.54, 1.807) is 7.11 Å². The highest BCUT2D eigenvalue weighted by atomic mass is 16.5. The van der Waals surface area contributed by atoms with Crippen LogP contribution in [0.25, 0.3) is 0 Å². The molecule has 1 heterocycles. The number of benzene rings is 1. The van der Waals surface area contributed by atoms with Crippen molar-refractivity contribution in [2.75, 3.05) is 13.7 Å². The van der Waals surface area contributed by atoms with E-state index in [1.165, 1.54) is 17.6 Å². The summed E-state index contributed by atoms with van der Waals surface area (Å²) in [5.74, 6) is 0.197. The first-order chi connectivity index (χ1) is 9.81. The van der Waals surface area contributed by atoms with Crippen molar-refractivity contribution < 1.29 is 9.53 Å². The first kappa shape index (κ1) is 13.4. The second-order valence-corrected chi connectivity index (χ2v) is 5.53. The Morgan fingerprint density at radius 1 is 1.20 bits per heavy atom. The number of methoxy groups -OCH3 is 1. The average Bonchev–Trinajstić information content (AvgIpc) is 2.78. The number of hydrogen-bond donors (Lipinski definition) is 0. The fourth-order valence-electron chi connectivity index (χ4n) is 3.30. The summed E-state index contributed by atoms with van der Waals surface area (Å²) in [4.78, 5) is 14.4. The number of ether oxygens (including phenoxy) is 1. The molecule has 1 aliphatic carbocycles. The molecular formula is C17H21NO2. The SMILES string of the molecule is COC1C2=C(CCCC2)C(=O)N1CCc1ccccc1. The van der Waals surface area contributed by atoms with Gasteiger partial charge < -0.3 is 9.64 Å². The number of hydrogen-bond acceptors (Lipinski definition) is 2. The molecule has 0 saturated heterocycles. The summed E-state index contributed by atoms with van der Waals surface area (Å²) in [6.45, 7) is 0.731. The largest absolute Gasteiger partial charge is 0.357 e. The van der Waals surface area contributed by atoms with E-state index >= 15 is 0 Å². The van der Waals surface area contributed by atoms with Crippen LogP contribution in [0.4, 0.5) is 0 Å². The predicted molar refractivity (Wildman–Crippen MR) is 78.2 cm³/mol. The Morgan fingerprint density at radius 3 is 2.70 bits per heavy atom. The molecule has 3 nitrogen and oxygen atoms in total. The second-order valence-electron chi connectivity index (χ2n) is 5.53. The molecule has 1 aliphatic heterocycles. The van der Waals surface area contributed by atoms with Crippen molar-refractivity contribution in [3.05, 3.63) is 47.0 Å². The molecule has 1 aromatic carbocycles. The first-order valence-corrected chi connectivity index (χ1v) is 7.41. The third-order valence-electron chi connectivity index (χ3n) is 4.32. The van der Waals surface area contributed by atoms with Gasteiger partial charge in [-0.25, -0.2) is 0 Å². The van der Waals surface area contributed by atoms with Crippen molar-refractivity contribution in [3.63, 3.8) is 0 Å². The van der Waals surface area contributed by atoms with Gasteiger partial charge in [-0.05, 0) is 43.2 Å². The summed E-state index contributed by atoms with van der Waals surface area (Å²) in [7, 11) is 1.71. The molecular weight excluding hydrogens is 250 g/mol. The summed E-state index contributed by atoms with van der Waals surface area (Å²) in [6, 6.07) is 10.3. The fraction of sp³-hybridized carbons (Fsp3) is 0.471. The molecule has 1 amide bonds. The number of nitrogens with zero attached hydrogens (tertiary/aromatic N) is 1. The third-order valence-corrected chi connectivity index (χ3v) is 4.32. The van der Waals surface area contributed by atoms with Crippen LogP contribution in [0.2, 0.25) is 0 Å². The van der Waals surface area contributed by atoms with E-state index in [1.807, 2.05) is 23.1 Å². The lowest BCUT2D eigenvalue weighted by molar-refractivity contribution is -0.133. The Morgan fingerprint density at radius 2 is 1.95 bits per heavy atom. The monoisotopic (exact) mass is 271 g/mol. The molecule has 2 aliphatic rings. The highest BCUT2D eigenvalue weighted by molar-refractivity contribution is 5.97. The van der Waals surface area contributed by atoms with Crippen molar-refractivity contribution >= 4 is 5.91 Å². The summed E-state index contributed by atoms with van der Waals surface area (Å²) < 4.78 is 5.60. The Kier molecular flexibility index (Phi) is 3.88. The van der Waals surface area contributed by atoms with Crippen LogP contribution in [0.3, 0.4) is 0 Å². The summed E-state index contributed by atoms with van der Waals surface area (Å²) in [6.07, 6.45) is 5.01. The Hall–Kier alpha value is -1.61. The summed E-state index contributed by atoms with van der Waals surface area (Å²) in [5.41, 5.74) is 3.52. The van der Waals surface area contributed by atoms with Gasteiger partial charge in [0.2, 0.25) is 0 Å². The van der Waals surface area contributed by atoms with Crippen molar-refractivity contribution in [2.45, 2.75) is 38.3 Å². The first-order valence-electron chi connectivity index (χ1n) is 7.41. The van der Waals surface area contributed by atoms with Gasteiger partial charge in [-0.15, -0.1) is 0 Å². The Bertz CT molecular complexity index is 521. The van der Waals surface area contributed by atoms with Gasteiger partial charge in [-0.2, -0.15) is 0 Å². The number of carbonyl (C=O) groups is 1. The molecule has 0 aromatic heterocycles. The topological polar surface area (TPSA) is 29.5 Å². The molecule has 0 bridgehead atoms. The van der Waals surface area contributed by atoms with E-state index in [9.17, 15) is 4.79 Å². The van der Waals surface area contributed by atoms with Crippen molar-refractivity contribution in [3.8, 4) is 0 Å². The van der Waals surface area contributed by atoms with E-state index in [0.29, 0.717) is 0 Å². The lowest BCUT2D eigenvalue weighted by atomic mass is 9.93. The van der Waals surface area contributed by atoms with Crippen LogP contribution >= 0.6 is 0 Å². The van der Waals surface area contributed by atoms with E-state index < -0.39 is 0 Å². The summed E-state index contributed by atoms with van der Waals surface area (Å²) in [5, 5.41) is 0. The molecule has 1 atom stereocenters. The lowest BCUT2D eigenvalue weighted by Crippen LogP contribution is -2.38. The van der Waals surface area contributed by atoms with Gasteiger partial charge in [0.25, 0.3) is 5.91 Å². The Labute approximate surface area is 120 Å². The number of carbonyl (C=O) groups excluding carboxylic acids is 1. The van der Waals surface area contributed by atoms with Crippen LogP contribution in [0.15, 0.2) is 41.5 Å². The van der Waals surface area contributed by atoms with Gasteiger partial charge in [0.05, 0.1) is 0 Å². The maximum Gasteiger partial charge on any atom is 0.252 e. The highest BCUT2D eigenvalue weighted by Gasteiger charge is 2.39. The minimum atomic E-state index is -0.124. The molecule has 20 heavy (non-hydrogen) atoms. The lowest BCUT2D eigenvalue weighted by Gasteiger charge is -2.26. The normalized spacial score (nSPS) is 22.4. The van der Waals surface area contributed by atoms with E-state index in [4.69, 9.17) is 4.74 Å². The molecule has 3 rings (SSSR count). The smallest absolute Gasteiger partial charge is 0.252 e. The maximum atomic E-state index is 12.5. The maximum absolute atomic E-state index is 12.5. The van der Waals surface area contributed by atoms with Gasteiger partial charge in [-0.1, -0.05) is 30.3 Å². The van der Waals surface area contributed by atoms with Crippen LogP contribution in [0.5, 0.6) is 0 Å². The minimum absolute atomic E-state index is 0.124. The molecule has 1 aromatic rings. The molecule has 1 unspecified atom stereocenters. The van der Waals surface area contributed by atoms with Gasteiger partial charge in [0, 0.05) is 19.2 Å². The number of amides is 1. The standard InChI is InChI=1S/C17H21NO2/c1-20-17-15-10-6-5-9-14(15)16(19)18(17)12-11-13-7-3-2-4-8-13/h2-4,7-8,17H,5-6,9-12H2,1H3. The van der Waals surface area contributed by atoms with Gasteiger partial charge in [0.15, 0.2) is 6.23 Å². The highest BCUT2D eigenvalue weighted by Crippen LogP contribution is 2.36. The van der Waals surface area contributed by atoms with Gasteiger partial charge in [-0.3, -0.25) is 4.79 Å². The van der Waals surface area contributed by atoms with Crippen molar-refractivity contribution in [1.29, 1.82) is 0 Å². The molecule has 3 heteroatoms. The van der Waals surface area contributed by atoms with E-state index in [-0.39, 0.29) is 12.1 Å². The molecule has 0 fully saturated rings. The van der Waals surface area contributed by atoms with Crippen LogP contribution < -0.4 is 0 Å². The zero-order valence-corrected chi connectivity index (χ0v) is 12.0. The third kappa shape index (κ3) is 2.38. The molecule has 0 radical (unpaired) electrons. The zero-order chi connectivity index (χ0) is 13.9. The quantitative estimate of drug-likeness (QED) is 0.842. The number of rotatable bonds is 4. The van der Waals surface area contributed by atoms with Crippen LogP contribution in [-0.2, 0) is 16.0 Å². The second kappa shape index (κ2) is 5.80. The van der Waals surface area contributed by atoms with Crippen LogP contribution in [0.1, 0.15) is 31.2 Å². The van der Waals surface area contributed by atoms with Crippen LogP contribution in [-0.4, -0.2) is 30.7 Å². The molecule has 0 saturated carbocycles. The predicted octanol–water partition coefficient (Wildman–Crippen LogP) is 2.91. The van der Waals surface area contributed by atoms with Crippen LogP contribution in [0, 0.1) is 0 Å². The van der Waals surface area contributed by atoms with E-state index in [0.717, 1.165) is 37.8 Å². The zero-order valence-electron chi connectivity index (χ0n) is 12.0. The van der Waals surface area contributed by atoms with Crippen molar-refractivity contribution in [1.82, 2.24) is 4.90 Å². The molecule has 106 valence electrons. The van der Waals surface area contributed by atoms with E-state index in [2.05, 4.69) is 12.1 Å². The van der Waals surface area contributed by atoms with Gasteiger partial charge >= 0.3 is 0 Å². The molecule has 0 spiro atoms. The fourth-order valence-corrected chi connectivity index (χ4v) is 3.30. The average molecular weight is 271 g/mol. The summed E-state index contributed by atoms with van der Waals surface area (Å²) >= 11 is 0. The Balaban J connectivity index is 1.72.